The largest absolute Gasteiger partial charge is 0.0888 e. The quantitative estimate of drug-likeness (QED) is 0.660. The summed E-state index contributed by atoms with van der Waals surface area (Å²) in [4.78, 5) is 0.752. The number of alkyl halides is 1. The van der Waals surface area contributed by atoms with E-state index in [1.165, 1.54) is 49.7 Å². The highest BCUT2D eigenvalue weighted by Gasteiger charge is 2.28. The predicted octanol–water partition coefficient (Wildman–Crippen LogP) is 4.75. The molecule has 1 aliphatic rings. The van der Waals surface area contributed by atoms with Crippen molar-refractivity contribution in [3.8, 4) is 0 Å². The Morgan fingerprint density at radius 3 is 2.56 bits per heavy atom. The van der Waals surface area contributed by atoms with Crippen molar-refractivity contribution >= 4 is 15.9 Å². The van der Waals surface area contributed by atoms with Crippen molar-refractivity contribution in [3.05, 3.63) is 35.4 Å². The van der Waals surface area contributed by atoms with E-state index in [0.717, 1.165) is 10.7 Å². The molecule has 0 spiro atoms. The minimum Gasteiger partial charge on any atom is -0.0888 e. The molecule has 1 atom stereocenters. The first-order valence-electron chi connectivity index (χ1n) is 6.51. The molecule has 0 nitrogen and oxygen atoms in total. The molecule has 2 rings (SSSR count). The maximum Gasteiger partial charge on any atom is 0.0177 e. The van der Waals surface area contributed by atoms with Crippen LogP contribution in [-0.2, 0) is 12.8 Å². The second-order valence-electron chi connectivity index (χ2n) is 4.96. The highest BCUT2D eigenvalue weighted by molar-refractivity contribution is 9.09. The molecule has 1 aromatic carbocycles. The normalized spacial score (nSPS) is 17.4. The lowest BCUT2D eigenvalue weighted by Gasteiger charge is -2.09. The Labute approximate surface area is 108 Å². The van der Waals surface area contributed by atoms with Gasteiger partial charge in [-0.2, -0.15) is 0 Å². The van der Waals surface area contributed by atoms with E-state index >= 15 is 0 Å². The summed E-state index contributed by atoms with van der Waals surface area (Å²) in [6, 6.07) is 9.11. The second kappa shape index (κ2) is 5.86. The van der Waals surface area contributed by atoms with Gasteiger partial charge in [-0.1, -0.05) is 53.5 Å². The van der Waals surface area contributed by atoms with Crippen molar-refractivity contribution in [3.63, 3.8) is 0 Å². The summed E-state index contributed by atoms with van der Waals surface area (Å²) < 4.78 is 0. The van der Waals surface area contributed by atoms with E-state index in [1.54, 1.807) is 0 Å². The van der Waals surface area contributed by atoms with Gasteiger partial charge in [0.05, 0.1) is 0 Å². The zero-order valence-corrected chi connectivity index (χ0v) is 11.7. The predicted molar refractivity (Wildman–Crippen MR) is 74.2 cm³/mol. The number of hydrogen-bond donors (Lipinski definition) is 0. The summed E-state index contributed by atoms with van der Waals surface area (Å²) in [5, 5.41) is 0. The molecular weight excluding hydrogens is 260 g/mol. The Hall–Kier alpha value is -0.300. The van der Waals surface area contributed by atoms with Gasteiger partial charge in [0.1, 0.15) is 0 Å². The van der Waals surface area contributed by atoms with Gasteiger partial charge in [-0.3, -0.25) is 0 Å². The molecule has 0 aromatic heterocycles. The lowest BCUT2D eigenvalue weighted by Crippen LogP contribution is -2.02. The van der Waals surface area contributed by atoms with Crippen molar-refractivity contribution in [1.82, 2.24) is 0 Å². The van der Waals surface area contributed by atoms with Crippen LogP contribution >= 0.6 is 15.9 Å². The average molecular weight is 281 g/mol. The third-order valence-electron chi connectivity index (χ3n) is 3.37. The maximum atomic E-state index is 3.81. The van der Waals surface area contributed by atoms with E-state index < -0.39 is 0 Å². The summed E-state index contributed by atoms with van der Waals surface area (Å²) in [5.74, 6) is 0.971. The fraction of sp³-hybridized carbons (Fsp3) is 0.600. The molecule has 1 aromatic rings. The topological polar surface area (TPSA) is 0 Å². The third-order valence-corrected chi connectivity index (χ3v) is 4.58. The van der Waals surface area contributed by atoms with Gasteiger partial charge in [-0.15, -0.1) is 0 Å². The molecule has 1 aliphatic carbocycles. The van der Waals surface area contributed by atoms with Crippen LogP contribution in [0.4, 0.5) is 0 Å². The highest BCUT2D eigenvalue weighted by Crippen LogP contribution is 2.38. The molecule has 1 fully saturated rings. The Bertz CT molecular complexity index is 328. The van der Waals surface area contributed by atoms with Crippen LogP contribution in [0.15, 0.2) is 24.3 Å². The number of hydrogen-bond acceptors (Lipinski definition) is 0. The van der Waals surface area contributed by atoms with Crippen LogP contribution in [-0.4, -0.2) is 4.83 Å². The van der Waals surface area contributed by atoms with Crippen molar-refractivity contribution in [1.29, 1.82) is 0 Å². The Morgan fingerprint density at radius 2 is 1.94 bits per heavy atom. The monoisotopic (exact) mass is 280 g/mol. The van der Waals surface area contributed by atoms with Crippen LogP contribution in [0.1, 0.15) is 43.7 Å². The minimum absolute atomic E-state index is 0.752. The fourth-order valence-electron chi connectivity index (χ4n) is 2.23. The fourth-order valence-corrected chi connectivity index (χ4v) is 2.99. The van der Waals surface area contributed by atoms with Crippen LogP contribution in [0.5, 0.6) is 0 Å². The maximum absolute atomic E-state index is 3.81. The zero-order valence-electron chi connectivity index (χ0n) is 10.1. The SMILES string of the molecule is CCCc1cccc(CCC(Br)C2CC2)c1. The molecule has 0 saturated heterocycles. The van der Waals surface area contributed by atoms with Gasteiger partial charge in [-0.05, 0) is 49.1 Å². The molecule has 1 heteroatoms. The lowest BCUT2D eigenvalue weighted by molar-refractivity contribution is 0.696. The van der Waals surface area contributed by atoms with Crippen molar-refractivity contribution < 1.29 is 0 Å². The number of aryl methyl sites for hydroxylation is 2. The summed E-state index contributed by atoms with van der Waals surface area (Å²) in [7, 11) is 0. The first kappa shape index (κ1) is 12.2. The molecule has 0 heterocycles. The summed E-state index contributed by atoms with van der Waals surface area (Å²) >= 11 is 3.81. The highest BCUT2D eigenvalue weighted by atomic mass is 79.9. The molecule has 0 aliphatic heterocycles. The number of rotatable bonds is 6. The Kier molecular flexibility index (Phi) is 4.45. The van der Waals surface area contributed by atoms with Crippen LogP contribution in [0.2, 0.25) is 0 Å². The first-order chi connectivity index (χ1) is 7.79. The van der Waals surface area contributed by atoms with Gasteiger partial charge in [0.15, 0.2) is 0 Å². The average Bonchev–Trinajstić information content (AvgIpc) is 3.11. The molecule has 0 N–H and O–H groups in total. The molecule has 0 radical (unpaired) electrons. The van der Waals surface area contributed by atoms with E-state index in [0.29, 0.717) is 0 Å². The van der Waals surface area contributed by atoms with Crippen molar-refractivity contribution in [2.45, 2.75) is 50.3 Å². The number of benzene rings is 1. The smallest absolute Gasteiger partial charge is 0.0177 e. The Morgan fingerprint density at radius 1 is 1.25 bits per heavy atom. The van der Waals surface area contributed by atoms with Gasteiger partial charge in [0, 0.05) is 4.83 Å². The second-order valence-corrected chi connectivity index (χ2v) is 6.14. The summed E-state index contributed by atoms with van der Waals surface area (Å²) in [5.41, 5.74) is 3.01. The lowest BCUT2D eigenvalue weighted by atomic mass is 10.0. The van der Waals surface area contributed by atoms with E-state index in [2.05, 4.69) is 47.1 Å². The number of halogens is 1. The molecule has 0 bridgehead atoms. The molecular formula is C15H21Br. The van der Waals surface area contributed by atoms with E-state index in [1.807, 2.05) is 0 Å². The van der Waals surface area contributed by atoms with Crippen LogP contribution in [0.3, 0.4) is 0 Å². The van der Waals surface area contributed by atoms with Gasteiger partial charge in [-0.25, -0.2) is 0 Å². The Balaban J connectivity index is 1.85. The molecule has 1 saturated carbocycles. The first-order valence-corrected chi connectivity index (χ1v) is 7.43. The van der Waals surface area contributed by atoms with Gasteiger partial charge >= 0.3 is 0 Å². The van der Waals surface area contributed by atoms with Crippen molar-refractivity contribution in [2.24, 2.45) is 5.92 Å². The van der Waals surface area contributed by atoms with E-state index in [4.69, 9.17) is 0 Å². The van der Waals surface area contributed by atoms with Crippen LogP contribution < -0.4 is 0 Å². The van der Waals surface area contributed by atoms with Gasteiger partial charge in [0.2, 0.25) is 0 Å². The van der Waals surface area contributed by atoms with Crippen LogP contribution in [0, 0.1) is 5.92 Å². The summed E-state index contributed by atoms with van der Waals surface area (Å²) in [6.45, 7) is 2.24. The zero-order chi connectivity index (χ0) is 11.4. The third kappa shape index (κ3) is 3.62. The standard InChI is InChI=1S/C15H21Br/c1-2-4-12-5-3-6-13(11-12)7-10-15(16)14-8-9-14/h3,5-6,11,14-15H,2,4,7-10H2,1H3. The van der Waals surface area contributed by atoms with Crippen LogP contribution in [0.25, 0.3) is 0 Å². The van der Waals surface area contributed by atoms with Crippen molar-refractivity contribution in [2.75, 3.05) is 0 Å². The molecule has 0 amide bonds. The minimum atomic E-state index is 0.752. The van der Waals surface area contributed by atoms with E-state index in [-0.39, 0.29) is 0 Å². The molecule has 1 unspecified atom stereocenters. The summed E-state index contributed by atoms with van der Waals surface area (Å²) in [6.07, 6.45) is 7.85. The van der Waals surface area contributed by atoms with Gasteiger partial charge < -0.3 is 0 Å². The molecule has 16 heavy (non-hydrogen) atoms. The van der Waals surface area contributed by atoms with E-state index in [9.17, 15) is 0 Å². The molecule has 88 valence electrons. The van der Waals surface area contributed by atoms with Gasteiger partial charge in [0.25, 0.3) is 0 Å².